The van der Waals surface area contributed by atoms with E-state index in [0.717, 1.165) is 23.1 Å². The van der Waals surface area contributed by atoms with Gasteiger partial charge >= 0.3 is 11.9 Å². The zero-order valence-electron chi connectivity index (χ0n) is 21.6. The van der Waals surface area contributed by atoms with Crippen molar-refractivity contribution in [2.75, 3.05) is 5.32 Å². The molecule has 39 heavy (non-hydrogen) atoms. The second-order valence-corrected chi connectivity index (χ2v) is 8.16. The molecule has 0 bridgehead atoms. The highest BCUT2D eigenvalue weighted by Gasteiger charge is 2.05. The smallest absolute Gasteiger partial charge is 0.335 e. The number of anilines is 1. The summed E-state index contributed by atoms with van der Waals surface area (Å²) >= 11 is 0. The third kappa shape index (κ3) is 10.6. The molecule has 0 radical (unpaired) electrons. The van der Waals surface area contributed by atoms with Crippen LogP contribution in [0.15, 0.2) is 97.3 Å². The van der Waals surface area contributed by atoms with E-state index in [-0.39, 0.29) is 5.91 Å². The van der Waals surface area contributed by atoms with Crippen LogP contribution in [0.5, 0.6) is 0 Å². The van der Waals surface area contributed by atoms with E-state index in [4.69, 9.17) is 21.7 Å². The van der Waals surface area contributed by atoms with E-state index in [9.17, 15) is 14.4 Å². The van der Waals surface area contributed by atoms with Crippen LogP contribution in [0.1, 0.15) is 54.7 Å². The molecule has 1 heterocycles. The molecule has 0 aliphatic heterocycles. The van der Waals surface area contributed by atoms with Crippen LogP contribution in [0.3, 0.4) is 0 Å². The first-order valence-corrected chi connectivity index (χ1v) is 12.1. The Morgan fingerprint density at radius 2 is 1.13 bits per heavy atom. The summed E-state index contributed by atoms with van der Waals surface area (Å²) in [5.74, 6) is -1.93. The fourth-order valence-electron chi connectivity index (χ4n) is 3.10. The van der Waals surface area contributed by atoms with E-state index >= 15 is 0 Å². The molecule has 4 aromatic rings. The van der Waals surface area contributed by atoms with Gasteiger partial charge in [-0.25, -0.2) is 9.59 Å². The number of nitrogens with two attached hydrogens (primary N) is 2. The Bertz CT molecular complexity index is 1270. The maximum atomic E-state index is 11.8. The second-order valence-electron chi connectivity index (χ2n) is 8.16. The zero-order chi connectivity index (χ0) is 28.6. The van der Waals surface area contributed by atoms with Gasteiger partial charge in [0.2, 0.25) is 0 Å². The Hall–Kier alpha value is -4.86. The van der Waals surface area contributed by atoms with Gasteiger partial charge in [-0.3, -0.25) is 9.78 Å². The van der Waals surface area contributed by atoms with Crippen LogP contribution < -0.4 is 16.8 Å². The van der Waals surface area contributed by atoms with Gasteiger partial charge in [0.25, 0.3) is 5.91 Å². The van der Waals surface area contributed by atoms with Gasteiger partial charge in [0, 0.05) is 24.8 Å². The predicted molar refractivity (Wildman–Crippen MR) is 151 cm³/mol. The average molecular weight is 529 g/mol. The summed E-state index contributed by atoms with van der Waals surface area (Å²) in [4.78, 5) is 36.5. The lowest BCUT2D eigenvalue weighted by atomic mass is 10.1. The number of hydrogen-bond donors (Lipinski definition) is 5. The molecule has 202 valence electrons. The lowest BCUT2D eigenvalue weighted by Gasteiger charge is -2.05. The molecule has 9 heteroatoms. The Balaban J connectivity index is 0.000000214. The quantitative estimate of drug-likeness (QED) is 0.232. The monoisotopic (exact) mass is 528 g/mol. The van der Waals surface area contributed by atoms with Gasteiger partial charge in [-0.05, 0) is 71.6 Å². The maximum Gasteiger partial charge on any atom is 0.335 e. The predicted octanol–water partition coefficient (Wildman–Crippen LogP) is 4.58. The Labute approximate surface area is 227 Å². The summed E-state index contributed by atoms with van der Waals surface area (Å²) in [6, 6.07) is 24.2. The molecule has 0 atom stereocenters. The fourth-order valence-corrected chi connectivity index (χ4v) is 3.10. The van der Waals surface area contributed by atoms with Crippen molar-refractivity contribution in [2.24, 2.45) is 11.5 Å². The highest BCUT2D eigenvalue weighted by atomic mass is 16.4. The number of carboxylic acid groups (broad SMARTS) is 2. The molecule has 1 amide bonds. The number of aromatic nitrogens is 1. The van der Waals surface area contributed by atoms with E-state index in [0.29, 0.717) is 35.5 Å². The molecular formula is C30H32N4O5. The first kappa shape index (κ1) is 30.4. The molecule has 1 aromatic heterocycles. The van der Waals surface area contributed by atoms with Crippen molar-refractivity contribution in [3.63, 3.8) is 0 Å². The molecule has 0 aliphatic carbocycles. The minimum absolute atomic E-state index is 0.151. The highest BCUT2D eigenvalue weighted by Crippen LogP contribution is 2.09. The van der Waals surface area contributed by atoms with Gasteiger partial charge < -0.3 is 27.0 Å². The minimum Gasteiger partial charge on any atom is -0.478 e. The number of hydrogen-bond acceptors (Lipinski definition) is 6. The van der Waals surface area contributed by atoms with Gasteiger partial charge in [0.1, 0.15) is 0 Å². The number of aryl methyl sites for hydroxylation is 1. The van der Waals surface area contributed by atoms with E-state index in [1.165, 1.54) is 0 Å². The number of nitrogens with zero attached hydrogens (tertiary/aromatic N) is 1. The van der Waals surface area contributed by atoms with Crippen LogP contribution >= 0.6 is 0 Å². The number of carboxylic acids is 2. The van der Waals surface area contributed by atoms with Crippen LogP contribution in [0, 0.1) is 0 Å². The van der Waals surface area contributed by atoms with Crippen molar-refractivity contribution in [1.29, 1.82) is 0 Å². The number of pyridine rings is 1. The largest absolute Gasteiger partial charge is 0.478 e. The number of benzene rings is 3. The summed E-state index contributed by atoms with van der Waals surface area (Å²) in [7, 11) is 0. The van der Waals surface area contributed by atoms with E-state index in [1.54, 1.807) is 73.1 Å². The SMILES string of the molecule is CCc1ccc(C(=O)O)cc1.NCc1ccc(C(=O)Nc2cccnc2)cc1.NCc1ccc(C(=O)O)cc1. The molecule has 0 fully saturated rings. The molecule has 0 spiro atoms. The van der Waals surface area contributed by atoms with Crippen LogP contribution in [-0.4, -0.2) is 33.0 Å². The molecule has 9 nitrogen and oxygen atoms in total. The maximum absolute atomic E-state index is 11.8. The Morgan fingerprint density at radius 1 is 0.692 bits per heavy atom. The molecule has 0 aliphatic rings. The molecule has 3 aromatic carbocycles. The van der Waals surface area contributed by atoms with Crippen LogP contribution in [-0.2, 0) is 19.5 Å². The van der Waals surface area contributed by atoms with E-state index in [1.807, 2.05) is 31.2 Å². The van der Waals surface area contributed by atoms with Crippen molar-refractivity contribution in [3.05, 3.63) is 131 Å². The summed E-state index contributed by atoms with van der Waals surface area (Å²) in [6.45, 7) is 2.96. The lowest BCUT2D eigenvalue weighted by Crippen LogP contribution is -2.12. The molecule has 0 saturated heterocycles. The van der Waals surface area contributed by atoms with E-state index < -0.39 is 11.9 Å². The second kappa shape index (κ2) is 16.1. The van der Waals surface area contributed by atoms with Crippen LogP contribution in [0.25, 0.3) is 0 Å². The third-order valence-electron chi connectivity index (χ3n) is 5.42. The molecule has 0 saturated carbocycles. The summed E-state index contributed by atoms with van der Waals surface area (Å²) in [5.41, 5.74) is 15.9. The van der Waals surface area contributed by atoms with Crippen molar-refractivity contribution < 1.29 is 24.6 Å². The van der Waals surface area contributed by atoms with Gasteiger partial charge in [-0.2, -0.15) is 0 Å². The highest BCUT2D eigenvalue weighted by molar-refractivity contribution is 6.04. The van der Waals surface area contributed by atoms with Gasteiger partial charge in [-0.15, -0.1) is 0 Å². The third-order valence-corrected chi connectivity index (χ3v) is 5.42. The van der Waals surface area contributed by atoms with Gasteiger partial charge in [0.05, 0.1) is 23.0 Å². The van der Waals surface area contributed by atoms with Crippen molar-refractivity contribution in [1.82, 2.24) is 4.98 Å². The Kier molecular flexibility index (Phi) is 12.5. The number of aromatic carboxylic acids is 2. The number of carbonyl (C=O) groups excluding carboxylic acids is 1. The first-order valence-electron chi connectivity index (χ1n) is 12.1. The fraction of sp³-hybridized carbons (Fsp3) is 0.133. The van der Waals surface area contributed by atoms with Crippen molar-refractivity contribution in [2.45, 2.75) is 26.4 Å². The minimum atomic E-state index is -0.909. The normalized spacial score (nSPS) is 9.72. The number of rotatable bonds is 7. The number of carbonyl (C=O) groups is 3. The molecule has 4 rings (SSSR count). The molecular weight excluding hydrogens is 496 g/mol. The zero-order valence-corrected chi connectivity index (χ0v) is 21.6. The summed E-state index contributed by atoms with van der Waals surface area (Å²) in [5, 5.41) is 19.8. The lowest BCUT2D eigenvalue weighted by molar-refractivity contribution is 0.0686. The van der Waals surface area contributed by atoms with Crippen molar-refractivity contribution in [3.8, 4) is 0 Å². The summed E-state index contributed by atoms with van der Waals surface area (Å²) < 4.78 is 0. The summed E-state index contributed by atoms with van der Waals surface area (Å²) in [6.07, 6.45) is 4.21. The number of nitrogens with one attached hydrogen (secondary N) is 1. The van der Waals surface area contributed by atoms with Crippen molar-refractivity contribution >= 4 is 23.5 Å². The van der Waals surface area contributed by atoms with E-state index in [2.05, 4.69) is 10.3 Å². The van der Waals surface area contributed by atoms with Gasteiger partial charge in [0.15, 0.2) is 0 Å². The average Bonchev–Trinajstić information content (AvgIpc) is 2.98. The standard InChI is InChI=1S/C13H13N3O.C9H10O2.C8H9NO2/c14-8-10-3-5-11(6-4-10)13(17)16-12-2-1-7-15-9-12;1-2-7-3-5-8(6-4-7)9(10)11;9-5-6-1-3-7(4-2-6)8(10)11/h1-7,9H,8,14H2,(H,16,17);3-6H,2H2,1H3,(H,10,11);1-4H,5,9H2,(H,10,11). The molecule has 0 unspecified atom stereocenters. The van der Waals surface area contributed by atoms with Crippen LogP contribution in [0.4, 0.5) is 5.69 Å². The first-order chi connectivity index (χ1) is 18.8. The number of amides is 1. The molecule has 7 N–H and O–H groups in total. The topological polar surface area (TPSA) is 169 Å². The van der Waals surface area contributed by atoms with Gasteiger partial charge in [-0.1, -0.05) is 43.3 Å². The van der Waals surface area contributed by atoms with Crippen LogP contribution in [0.2, 0.25) is 0 Å². The Morgan fingerprint density at radius 3 is 1.49 bits per heavy atom.